The molecule has 0 heterocycles. The number of halogens is 3. The highest BCUT2D eigenvalue weighted by Crippen LogP contribution is 2.34. The lowest BCUT2D eigenvalue weighted by atomic mass is 9.78. The van der Waals surface area contributed by atoms with E-state index in [-0.39, 0.29) is 11.2 Å². The Morgan fingerprint density at radius 3 is 2.30 bits per heavy atom. The maximum atomic E-state index is 14.0. The maximum absolute atomic E-state index is 14.0. The summed E-state index contributed by atoms with van der Waals surface area (Å²) in [6.07, 6.45) is 0.666. The van der Waals surface area contributed by atoms with E-state index in [0.29, 0.717) is 6.42 Å². The van der Waals surface area contributed by atoms with Gasteiger partial charge in [-0.05, 0) is 30.5 Å². The summed E-state index contributed by atoms with van der Waals surface area (Å²) in [5.74, 6) is -0.133. The minimum Gasteiger partial charge on any atom is -0.207 e. The molecule has 0 radical (unpaired) electrons. The van der Waals surface area contributed by atoms with Gasteiger partial charge in [0.1, 0.15) is 5.82 Å². The first-order valence-corrected chi connectivity index (χ1v) is 8.78. The molecule has 0 amide bonds. The van der Waals surface area contributed by atoms with E-state index >= 15 is 0 Å². The van der Waals surface area contributed by atoms with Gasteiger partial charge in [-0.1, -0.05) is 79.9 Å². The molecule has 0 spiro atoms. The molecule has 0 fully saturated rings. The molecule has 2 rings (SSSR count). The zero-order valence-electron chi connectivity index (χ0n) is 11.4. The summed E-state index contributed by atoms with van der Waals surface area (Å²) >= 11 is 7.25. The molecule has 20 heavy (non-hydrogen) atoms. The second-order valence-electron chi connectivity index (χ2n) is 5.19. The molecule has 2 aromatic carbocycles. The van der Waals surface area contributed by atoms with Crippen molar-refractivity contribution >= 4 is 31.9 Å². The second-order valence-corrected chi connectivity index (χ2v) is 6.31. The highest BCUT2D eigenvalue weighted by atomic mass is 79.9. The lowest BCUT2D eigenvalue weighted by Crippen LogP contribution is -2.33. The van der Waals surface area contributed by atoms with E-state index in [1.807, 2.05) is 12.1 Å². The lowest BCUT2D eigenvalue weighted by molar-refractivity contribution is 0.522. The first-order chi connectivity index (χ1) is 9.61. The van der Waals surface area contributed by atoms with Crippen LogP contribution < -0.4 is 0 Å². The zero-order valence-corrected chi connectivity index (χ0v) is 14.5. The average Bonchev–Trinajstić information content (AvgIpc) is 2.47. The van der Waals surface area contributed by atoms with E-state index in [1.165, 1.54) is 17.2 Å². The number of benzene rings is 2. The molecule has 0 unspecified atom stereocenters. The van der Waals surface area contributed by atoms with Crippen LogP contribution in [0.1, 0.15) is 16.7 Å². The van der Waals surface area contributed by atoms with Gasteiger partial charge in [0.25, 0.3) is 0 Å². The lowest BCUT2D eigenvalue weighted by Gasteiger charge is -2.31. The van der Waals surface area contributed by atoms with E-state index in [4.69, 9.17) is 0 Å². The number of rotatable bonds is 5. The summed E-state index contributed by atoms with van der Waals surface area (Å²) in [6.45, 7) is 2.08. The van der Waals surface area contributed by atoms with Crippen molar-refractivity contribution < 1.29 is 4.39 Å². The Kier molecular flexibility index (Phi) is 5.39. The first kappa shape index (κ1) is 15.7. The van der Waals surface area contributed by atoms with Crippen molar-refractivity contribution in [2.75, 3.05) is 10.7 Å². The van der Waals surface area contributed by atoms with Gasteiger partial charge in [-0.25, -0.2) is 4.39 Å². The molecule has 0 N–H and O–H groups in total. The number of hydrogen-bond acceptors (Lipinski definition) is 0. The molecular weight excluding hydrogens is 383 g/mol. The highest BCUT2D eigenvalue weighted by Gasteiger charge is 2.31. The Labute approximate surface area is 136 Å². The van der Waals surface area contributed by atoms with Crippen molar-refractivity contribution in [3.8, 4) is 0 Å². The normalized spacial score (nSPS) is 11.6. The molecule has 0 aliphatic heterocycles. The molecule has 2 aromatic rings. The molecule has 0 saturated heterocycles. The van der Waals surface area contributed by atoms with E-state index < -0.39 is 0 Å². The van der Waals surface area contributed by atoms with Gasteiger partial charge < -0.3 is 0 Å². The highest BCUT2D eigenvalue weighted by molar-refractivity contribution is 9.09. The smallest absolute Gasteiger partial charge is 0.126 e. The molecule has 0 atom stereocenters. The molecular formula is C17H17Br2F. The Balaban J connectivity index is 2.42. The quantitative estimate of drug-likeness (QED) is 0.590. The Morgan fingerprint density at radius 1 is 1.00 bits per heavy atom. The Hall–Kier alpha value is -0.670. The number of hydrogen-bond donors (Lipinski definition) is 0. The monoisotopic (exact) mass is 398 g/mol. The third-order valence-corrected chi connectivity index (χ3v) is 5.78. The van der Waals surface area contributed by atoms with Crippen LogP contribution in [0.3, 0.4) is 0 Å². The van der Waals surface area contributed by atoms with Crippen molar-refractivity contribution in [2.24, 2.45) is 0 Å². The fourth-order valence-corrected chi connectivity index (χ4v) is 4.34. The average molecular weight is 400 g/mol. The molecule has 3 heteroatoms. The SMILES string of the molecule is Cc1cccc(C(CBr)(CBr)Cc2ccccc2F)c1. The van der Waals surface area contributed by atoms with Crippen LogP contribution in [0.4, 0.5) is 4.39 Å². The van der Waals surface area contributed by atoms with Gasteiger partial charge in [-0.2, -0.15) is 0 Å². The molecule has 0 aromatic heterocycles. The second kappa shape index (κ2) is 6.86. The van der Waals surface area contributed by atoms with Gasteiger partial charge in [0, 0.05) is 16.1 Å². The Bertz CT molecular complexity index is 577. The van der Waals surface area contributed by atoms with Gasteiger partial charge in [0.05, 0.1) is 0 Å². The van der Waals surface area contributed by atoms with E-state index in [1.54, 1.807) is 6.07 Å². The van der Waals surface area contributed by atoms with Crippen LogP contribution >= 0.6 is 31.9 Å². The van der Waals surface area contributed by atoms with Crippen molar-refractivity contribution in [3.63, 3.8) is 0 Å². The van der Waals surface area contributed by atoms with Crippen LogP contribution in [0.15, 0.2) is 48.5 Å². The summed E-state index contributed by atoms with van der Waals surface area (Å²) in [5.41, 5.74) is 3.07. The van der Waals surface area contributed by atoms with E-state index in [2.05, 4.69) is 63.0 Å². The molecule has 106 valence electrons. The summed E-state index contributed by atoms with van der Waals surface area (Å²) in [7, 11) is 0. The zero-order chi connectivity index (χ0) is 14.6. The topological polar surface area (TPSA) is 0 Å². The summed E-state index contributed by atoms with van der Waals surface area (Å²) < 4.78 is 14.0. The fraction of sp³-hybridized carbons (Fsp3) is 0.294. The third kappa shape index (κ3) is 3.32. The van der Waals surface area contributed by atoms with Gasteiger partial charge in [-0.15, -0.1) is 0 Å². The van der Waals surface area contributed by atoms with Crippen molar-refractivity contribution in [3.05, 3.63) is 71.0 Å². The maximum Gasteiger partial charge on any atom is 0.126 e. The van der Waals surface area contributed by atoms with E-state index in [9.17, 15) is 4.39 Å². The van der Waals surface area contributed by atoms with Crippen LogP contribution in [0, 0.1) is 12.7 Å². The van der Waals surface area contributed by atoms with E-state index in [0.717, 1.165) is 16.2 Å². The summed E-state index contributed by atoms with van der Waals surface area (Å²) in [5, 5.41) is 1.56. The molecule has 0 aliphatic carbocycles. The van der Waals surface area contributed by atoms with Crippen LogP contribution in [0.25, 0.3) is 0 Å². The largest absolute Gasteiger partial charge is 0.207 e. The minimum absolute atomic E-state index is 0.133. The predicted octanol–water partition coefficient (Wildman–Crippen LogP) is 5.40. The molecule has 0 aliphatic rings. The summed E-state index contributed by atoms with van der Waals surface area (Å²) in [4.78, 5) is 0. The van der Waals surface area contributed by atoms with Crippen molar-refractivity contribution in [1.29, 1.82) is 0 Å². The standard InChI is InChI=1S/C17H17Br2F/c1-13-5-4-7-15(9-13)17(11-18,12-19)10-14-6-2-3-8-16(14)20/h2-9H,10-12H2,1H3. The van der Waals surface area contributed by atoms with Gasteiger partial charge in [0.2, 0.25) is 0 Å². The number of aryl methyl sites for hydroxylation is 1. The predicted molar refractivity (Wildman–Crippen MR) is 90.5 cm³/mol. The van der Waals surface area contributed by atoms with Crippen molar-refractivity contribution in [1.82, 2.24) is 0 Å². The van der Waals surface area contributed by atoms with Gasteiger partial charge in [-0.3, -0.25) is 0 Å². The number of alkyl halides is 2. The molecule has 0 saturated carbocycles. The van der Waals surface area contributed by atoms with Crippen LogP contribution in [-0.2, 0) is 11.8 Å². The third-order valence-electron chi connectivity index (χ3n) is 3.63. The minimum atomic E-state index is -0.145. The van der Waals surface area contributed by atoms with Crippen LogP contribution in [-0.4, -0.2) is 10.7 Å². The van der Waals surface area contributed by atoms with Gasteiger partial charge in [0.15, 0.2) is 0 Å². The van der Waals surface area contributed by atoms with Crippen LogP contribution in [0.2, 0.25) is 0 Å². The van der Waals surface area contributed by atoms with Crippen LogP contribution in [0.5, 0.6) is 0 Å². The summed E-state index contributed by atoms with van der Waals surface area (Å²) in [6, 6.07) is 15.5. The molecule has 0 bridgehead atoms. The Morgan fingerprint density at radius 2 is 1.70 bits per heavy atom. The molecule has 0 nitrogen and oxygen atoms in total. The van der Waals surface area contributed by atoms with Crippen molar-refractivity contribution in [2.45, 2.75) is 18.8 Å². The first-order valence-electron chi connectivity index (χ1n) is 6.54. The van der Waals surface area contributed by atoms with Gasteiger partial charge >= 0.3 is 0 Å². The fourth-order valence-electron chi connectivity index (χ4n) is 2.37.